The quantitative estimate of drug-likeness (QED) is 0.646. The summed E-state index contributed by atoms with van der Waals surface area (Å²) in [6.07, 6.45) is 1.78. The SMILES string of the molecule is CCCCOC(=O)c1ccc(NC(=O)c2cccc(F)c2)cc1. The van der Waals surface area contributed by atoms with Crippen LogP contribution in [0.25, 0.3) is 0 Å². The van der Waals surface area contributed by atoms with Crippen LogP contribution in [0, 0.1) is 5.82 Å². The Kier molecular flexibility index (Phi) is 5.86. The van der Waals surface area contributed by atoms with E-state index in [2.05, 4.69) is 5.32 Å². The van der Waals surface area contributed by atoms with Crippen molar-refractivity contribution >= 4 is 17.6 Å². The molecule has 120 valence electrons. The first-order valence-electron chi connectivity index (χ1n) is 7.44. The number of halogens is 1. The Labute approximate surface area is 134 Å². The van der Waals surface area contributed by atoms with Gasteiger partial charge in [-0.15, -0.1) is 0 Å². The molecule has 1 N–H and O–H groups in total. The Hall–Kier alpha value is -2.69. The minimum Gasteiger partial charge on any atom is -0.462 e. The van der Waals surface area contributed by atoms with E-state index in [1.807, 2.05) is 6.92 Å². The van der Waals surface area contributed by atoms with Gasteiger partial charge in [0.15, 0.2) is 0 Å². The van der Waals surface area contributed by atoms with Gasteiger partial charge in [-0.1, -0.05) is 19.4 Å². The Balaban J connectivity index is 1.97. The van der Waals surface area contributed by atoms with E-state index in [9.17, 15) is 14.0 Å². The zero-order valence-corrected chi connectivity index (χ0v) is 12.8. The second-order valence-corrected chi connectivity index (χ2v) is 5.03. The molecule has 0 aliphatic rings. The van der Waals surface area contributed by atoms with Crippen molar-refractivity contribution in [3.63, 3.8) is 0 Å². The maximum Gasteiger partial charge on any atom is 0.338 e. The molecule has 5 heteroatoms. The fourth-order valence-electron chi connectivity index (χ4n) is 1.92. The molecule has 1 amide bonds. The standard InChI is InChI=1S/C18H18FNO3/c1-2-3-11-23-18(22)13-7-9-16(10-8-13)20-17(21)14-5-4-6-15(19)12-14/h4-10,12H,2-3,11H2,1H3,(H,20,21). The molecule has 0 aliphatic carbocycles. The lowest BCUT2D eigenvalue weighted by atomic mass is 10.2. The van der Waals surface area contributed by atoms with Crippen molar-refractivity contribution in [3.8, 4) is 0 Å². The van der Waals surface area contributed by atoms with Crippen LogP contribution in [-0.4, -0.2) is 18.5 Å². The molecule has 0 spiro atoms. The summed E-state index contributed by atoms with van der Waals surface area (Å²) in [5, 5.41) is 2.65. The van der Waals surface area contributed by atoms with Crippen molar-refractivity contribution in [3.05, 3.63) is 65.5 Å². The van der Waals surface area contributed by atoms with Crippen LogP contribution in [0.15, 0.2) is 48.5 Å². The molecule has 2 aromatic rings. The summed E-state index contributed by atoms with van der Waals surface area (Å²) in [6.45, 7) is 2.41. The molecule has 2 aromatic carbocycles. The lowest BCUT2D eigenvalue weighted by molar-refractivity contribution is 0.0499. The van der Waals surface area contributed by atoms with Gasteiger partial charge in [0, 0.05) is 11.3 Å². The molecule has 0 aliphatic heterocycles. The summed E-state index contributed by atoms with van der Waals surface area (Å²) in [6, 6.07) is 11.8. The van der Waals surface area contributed by atoms with Crippen LogP contribution in [0.5, 0.6) is 0 Å². The molecule has 0 saturated heterocycles. The third-order valence-electron chi connectivity index (χ3n) is 3.20. The zero-order valence-electron chi connectivity index (χ0n) is 12.8. The highest BCUT2D eigenvalue weighted by atomic mass is 19.1. The number of rotatable bonds is 6. The zero-order chi connectivity index (χ0) is 16.7. The van der Waals surface area contributed by atoms with Gasteiger partial charge >= 0.3 is 5.97 Å². The van der Waals surface area contributed by atoms with Gasteiger partial charge in [0.1, 0.15) is 5.82 Å². The maximum absolute atomic E-state index is 13.1. The average molecular weight is 315 g/mol. The van der Waals surface area contributed by atoms with Crippen LogP contribution in [0.1, 0.15) is 40.5 Å². The van der Waals surface area contributed by atoms with Gasteiger partial charge in [0.25, 0.3) is 5.91 Å². The van der Waals surface area contributed by atoms with Crippen molar-refractivity contribution in [2.45, 2.75) is 19.8 Å². The normalized spacial score (nSPS) is 10.2. The molecule has 23 heavy (non-hydrogen) atoms. The molecular formula is C18H18FNO3. The number of amides is 1. The largest absolute Gasteiger partial charge is 0.462 e. The molecule has 0 saturated carbocycles. The Morgan fingerprint density at radius 3 is 2.48 bits per heavy atom. The molecule has 0 fully saturated rings. The van der Waals surface area contributed by atoms with Crippen LogP contribution in [0.4, 0.5) is 10.1 Å². The van der Waals surface area contributed by atoms with E-state index in [0.717, 1.165) is 18.9 Å². The number of carbonyl (C=O) groups excluding carboxylic acids is 2. The van der Waals surface area contributed by atoms with Crippen LogP contribution in [0.2, 0.25) is 0 Å². The highest BCUT2D eigenvalue weighted by molar-refractivity contribution is 6.04. The molecular weight excluding hydrogens is 297 g/mol. The summed E-state index contributed by atoms with van der Waals surface area (Å²) in [4.78, 5) is 23.8. The minimum absolute atomic E-state index is 0.230. The first-order chi connectivity index (χ1) is 11.1. The molecule has 4 nitrogen and oxygen atoms in total. The van der Waals surface area contributed by atoms with Crippen LogP contribution in [-0.2, 0) is 4.74 Å². The van der Waals surface area contributed by atoms with Crippen LogP contribution in [0.3, 0.4) is 0 Å². The highest BCUT2D eigenvalue weighted by Crippen LogP contribution is 2.13. The highest BCUT2D eigenvalue weighted by Gasteiger charge is 2.09. The summed E-state index contributed by atoms with van der Waals surface area (Å²) in [7, 11) is 0. The van der Waals surface area contributed by atoms with Gasteiger partial charge in [-0.25, -0.2) is 9.18 Å². The second kappa shape index (κ2) is 8.08. The van der Waals surface area contributed by atoms with Gasteiger partial charge < -0.3 is 10.1 Å². The predicted octanol–water partition coefficient (Wildman–Crippen LogP) is 4.03. The van der Waals surface area contributed by atoms with Gasteiger partial charge in [0.05, 0.1) is 12.2 Å². The number of unbranched alkanes of at least 4 members (excludes halogenated alkanes) is 1. The van der Waals surface area contributed by atoms with Crippen molar-refractivity contribution in [1.82, 2.24) is 0 Å². The summed E-state index contributed by atoms with van der Waals surface area (Å²) < 4.78 is 18.2. The Bertz CT molecular complexity index is 683. The number of hydrogen-bond donors (Lipinski definition) is 1. The molecule has 0 heterocycles. The number of esters is 1. The number of nitrogens with one attached hydrogen (secondary N) is 1. The van der Waals surface area contributed by atoms with E-state index in [1.165, 1.54) is 18.2 Å². The van der Waals surface area contributed by atoms with Gasteiger partial charge in [-0.3, -0.25) is 4.79 Å². The molecule has 0 aromatic heterocycles. The molecule has 0 radical (unpaired) electrons. The van der Waals surface area contributed by atoms with E-state index in [-0.39, 0.29) is 11.5 Å². The number of anilines is 1. The van der Waals surface area contributed by atoms with Crippen LogP contribution >= 0.6 is 0 Å². The Morgan fingerprint density at radius 1 is 1.09 bits per heavy atom. The smallest absolute Gasteiger partial charge is 0.338 e. The Morgan fingerprint density at radius 2 is 1.83 bits per heavy atom. The molecule has 0 unspecified atom stereocenters. The number of carbonyl (C=O) groups is 2. The average Bonchev–Trinajstić information content (AvgIpc) is 2.55. The minimum atomic E-state index is -0.470. The number of benzene rings is 2. The van der Waals surface area contributed by atoms with Gasteiger partial charge in [0.2, 0.25) is 0 Å². The van der Waals surface area contributed by atoms with E-state index in [4.69, 9.17) is 4.74 Å². The summed E-state index contributed by atoms with van der Waals surface area (Å²) >= 11 is 0. The topological polar surface area (TPSA) is 55.4 Å². The number of ether oxygens (including phenoxy) is 1. The summed E-state index contributed by atoms with van der Waals surface area (Å²) in [5.74, 6) is -1.27. The van der Waals surface area contributed by atoms with Crippen molar-refractivity contribution in [2.75, 3.05) is 11.9 Å². The second-order valence-electron chi connectivity index (χ2n) is 5.03. The first-order valence-corrected chi connectivity index (χ1v) is 7.44. The van der Waals surface area contributed by atoms with Crippen molar-refractivity contribution < 1.29 is 18.7 Å². The lowest BCUT2D eigenvalue weighted by Crippen LogP contribution is -2.12. The third kappa shape index (κ3) is 4.92. The third-order valence-corrected chi connectivity index (χ3v) is 3.20. The van der Waals surface area contributed by atoms with E-state index >= 15 is 0 Å². The first kappa shape index (κ1) is 16.7. The van der Waals surface area contributed by atoms with E-state index < -0.39 is 11.7 Å². The molecule has 0 atom stereocenters. The van der Waals surface area contributed by atoms with Crippen LogP contribution < -0.4 is 5.32 Å². The maximum atomic E-state index is 13.1. The fourth-order valence-corrected chi connectivity index (χ4v) is 1.92. The van der Waals surface area contributed by atoms with Crippen molar-refractivity contribution in [2.24, 2.45) is 0 Å². The monoisotopic (exact) mass is 315 g/mol. The number of hydrogen-bond acceptors (Lipinski definition) is 3. The summed E-state index contributed by atoms with van der Waals surface area (Å²) in [5.41, 5.74) is 1.17. The lowest BCUT2D eigenvalue weighted by Gasteiger charge is -2.07. The van der Waals surface area contributed by atoms with Gasteiger partial charge in [-0.2, -0.15) is 0 Å². The van der Waals surface area contributed by atoms with Crippen molar-refractivity contribution in [1.29, 1.82) is 0 Å². The predicted molar refractivity (Wildman–Crippen MR) is 86.0 cm³/mol. The van der Waals surface area contributed by atoms with Gasteiger partial charge in [-0.05, 0) is 48.9 Å². The molecule has 0 bridgehead atoms. The van der Waals surface area contributed by atoms with E-state index in [1.54, 1.807) is 24.3 Å². The fraction of sp³-hybridized carbons (Fsp3) is 0.222. The van der Waals surface area contributed by atoms with E-state index in [0.29, 0.717) is 17.9 Å². The molecule has 2 rings (SSSR count).